The van der Waals surface area contributed by atoms with Crippen LogP contribution in [0.5, 0.6) is 0 Å². The molecule has 2 rings (SSSR count). The summed E-state index contributed by atoms with van der Waals surface area (Å²) in [5.41, 5.74) is 0.215. The summed E-state index contributed by atoms with van der Waals surface area (Å²) in [5.74, 6) is -0.239. The maximum atomic E-state index is 10.7. The summed E-state index contributed by atoms with van der Waals surface area (Å²) in [5, 5.41) is 8.78. The summed E-state index contributed by atoms with van der Waals surface area (Å²) in [4.78, 5) is 12.9. The lowest BCUT2D eigenvalue weighted by Gasteiger charge is -2.30. The third kappa shape index (κ3) is 3.08. The fraction of sp³-hybridized carbons (Fsp3) is 0.583. The third-order valence-electron chi connectivity index (χ3n) is 3.15. The molecule has 1 saturated heterocycles. The number of carboxylic acids is 1. The average molecular weight is 239 g/mol. The van der Waals surface area contributed by atoms with Gasteiger partial charge in [0.15, 0.2) is 0 Å². The van der Waals surface area contributed by atoms with E-state index in [9.17, 15) is 4.79 Å². The molecule has 0 aliphatic carbocycles. The number of piperidine rings is 1. The Morgan fingerprint density at radius 1 is 1.59 bits per heavy atom. The number of aromatic carboxylic acids is 1. The fourth-order valence-electron chi connectivity index (χ4n) is 2.10. The van der Waals surface area contributed by atoms with Crippen LogP contribution in [0.1, 0.15) is 29.0 Å². The molecular weight excluding hydrogens is 222 g/mol. The first-order valence-corrected chi connectivity index (χ1v) is 5.75. The van der Waals surface area contributed by atoms with Crippen molar-refractivity contribution in [1.82, 2.24) is 4.90 Å². The van der Waals surface area contributed by atoms with Crippen LogP contribution >= 0.6 is 0 Å². The summed E-state index contributed by atoms with van der Waals surface area (Å²) in [7, 11) is 1.74. The second kappa shape index (κ2) is 5.33. The van der Waals surface area contributed by atoms with Gasteiger partial charge in [-0.2, -0.15) is 0 Å². The second-order valence-corrected chi connectivity index (χ2v) is 4.32. The zero-order valence-electron chi connectivity index (χ0n) is 9.89. The van der Waals surface area contributed by atoms with E-state index in [1.807, 2.05) is 0 Å². The predicted molar refractivity (Wildman–Crippen MR) is 61.0 cm³/mol. The van der Waals surface area contributed by atoms with Gasteiger partial charge in [0, 0.05) is 20.2 Å². The number of furan rings is 1. The van der Waals surface area contributed by atoms with E-state index in [0.717, 1.165) is 25.9 Å². The molecule has 0 bridgehead atoms. The maximum absolute atomic E-state index is 10.7. The maximum Gasteiger partial charge on any atom is 0.338 e. The summed E-state index contributed by atoms with van der Waals surface area (Å²) in [6.45, 7) is 2.59. The van der Waals surface area contributed by atoms with E-state index in [1.165, 1.54) is 6.26 Å². The number of nitrogens with zero attached hydrogens (tertiary/aromatic N) is 1. The molecule has 17 heavy (non-hydrogen) atoms. The molecule has 0 saturated carbocycles. The van der Waals surface area contributed by atoms with Gasteiger partial charge in [-0.25, -0.2) is 4.79 Å². The molecule has 0 unspecified atom stereocenters. The first-order chi connectivity index (χ1) is 8.19. The Morgan fingerprint density at radius 2 is 2.29 bits per heavy atom. The molecule has 94 valence electrons. The molecule has 5 heteroatoms. The monoisotopic (exact) mass is 239 g/mol. The predicted octanol–water partition coefficient (Wildman–Crippen LogP) is 1.59. The van der Waals surface area contributed by atoms with Crippen LogP contribution in [0, 0.1) is 0 Å². The number of ether oxygens (including phenoxy) is 1. The quantitative estimate of drug-likeness (QED) is 0.864. The van der Waals surface area contributed by atoms with E-state index in [-0.39, 0.29) is 5.56 Å². The summed E-state index contributed by atoms with van der Waals surface area (Å²) >= 11 is 0. The van der Waals surface area contributed by atoms with Gasteiger partial charge in [-0.1, -0.05) is 0 Å². The Labute approximate surface area is 100.0 Å². The van der Waals surface area contributed by atoms with E-state index in [4.69, 9.17) is 14.3 Å². The normalized spacial score (nSPS) is 18.4. The van der Waals surface area contributed by atoms with Gasteiger partial charge < -0.3 is 14.3 Å². The lowest BCUT2D eigenvalue weighted by molar-refractivity contribution is 0.0370. The van der Waals surface area contributed by atoms with Gasteiger partial charge in [0.25, 0.3) is 0 Å². The first kappa shape index (κ1) is 12.1. The summed E-state index contributed by atoms with van der Waals surface area (Å²) in [6.07, 6.45) is 3.68. The van der Waals surface area contributed by atoms with Crippen molar-refractivity contribution in [2.24, 2.45) is 0 Å². The van der Waals surface area contributed by atoms with Crippen molar-refractivity contribution in [1.29, 1.82) is 0 Å². The SMILES string of the molecule is COC1CCN(Cc2cc(C(=O)O)co2)CC1. The highest BCUT2D eigenvalue weighted by molar-refractivity contribution is 5.87. The van der Waals surface area contributed by atoms with E-state index in [0.29, 0.717) is 18.4 Å². The standard InChI is InChI=1S/C12H17NO4/c1-16-10-2-4-13(5-3-10)7-11-6-9(8-17-11)12(14)15/h6,8,10H,2-5,7H2,1H3,(H,14,15). The lowest BCUT2D eigenvalue weighted by Crippen LogP contribution is -2.36. The van der Waals surface area contributed by atoms with Gasteiger partial charge in [0.1, 0.15) is 12.0 Å². The minimum absolute atomic E-state index is 0.215. The number of methoxy groups -OCH3 is 1. The van der Waals surface area contributed by atoms with Crippen molar-refractivity contribution in [2.75, 3.05) is 20.2 Å². The molecule has 0 amide bonds. The van der Waals surface area contributed by atoms with Crippen molar-refractivity contribution < 1.29 is 19.1 Å². The topological polar surface area (TPSA) is 62.9 Å². The fourth-order valence-corrected chi connectivity index (χ4v) is 2.10. The molecule has 1 aliphatic heterocycles. The molecule has 1 N–H and O–H groups in total. The summed E-state index contributed by atoms with van der Waals surface area (Å²) < 4.78 is 10.5. The highest BCUT2D eigenvalue weighted by atomic mass is 16.5. The van der Waals surface area contributed by atoms with Crippen LogP contribution in [-0.4, -0.2) is 42.3 Å². The van der Waals surface area contributed by atoms with E-state index < -0.39 is 5.97 Å². The van der Waals surface area contributed by atoms with Crippen LogP contribution in [0.25, 0.3) is 0 Å². The summed E-state index contributed by atoms with van der Waals surface area (Å²) in [6, 6.07) is 1.59. The van der Waals surface area contributed by atoms with Crippen LogP contribution in [0.15, 0.2) is 16.7 Å². The van der Waals surface area contributed by atoms with Gasteiger partial charge >= 0.3 is 5.97 Å². The van der Waals surface area contributed by atoms with Crippen LogP contribution in [0.4, 0.5) is 0 Å². The van der Waals surface area contributed by atoms with Crippen LogP contribution in [0.3, 0.4) is 0 Å². The molecule has 0 aromatic carbocycles. The Kier molecular flexibility index (Phi) is 3.81. The second-order valence-electron chi connectivity index (χ2n) is 4.32. The molecule has 0 radical (unpaired) electrons. The minimum atomic E-state index is -0.946. The van der Waals surface area contributed by atoms with Crippen molar-refractivity contribution in [3.63, 3.8) is 0 Å². The highest BCUT2D eigenvalue weighted by Crippen LogP contribution is 2.17. The average Bonchev–Trinajstić information content (AvgIpc) is 2.79. The molecule has 1 aromatic heterocycles. The zero-order chi connectivity index (χ0) is 12.3. The van der Waals surface area contributed by atoms with E-state index >= 15 is 0 Å². The van der Waals surface area contributed by atoms with Gasteiger partial charge in [0.05, 0.1) is 18.2 Å². The van der Waals surface area contributed by atoms with Crippen LogP contribution < -0.4 is 0 Å². The minimum Gasteiger partial charge on any atom is -0.478 e. The van der Waals surface area contributed by atoms with Crippen LogP contribution in [0.2, 0.25) is 0 Å². The molecule has 1 fully saturated rings. The number of hydrogen-bond donors (Lipinski definition) is 1. The van der Waals surface area contributed by atoms with Gasteiger partial charge in [-0.15, -0.1) is 0 Å². The molecule has 1 aliphatic rings. The molecule has 0 spiro atoms. The molecule has 0 atom stereocenters. The van der Waals surface area contributed by atoms with Crippen molar-refractivity contribution >= 4 is 5.97 Å². The Balaban J connectivity index is 1.86. The molecule has 2 heterocycles. The number of likely N-dealkylation sites (tertiary alicyclic amines) is 1. The zero-order valence-corrected chi connectivity index (χ0v) is 9.89. The van der Waals surface area contributed by atoms with Crippen LogP contribution in [-0.2, 0) is 11.3 Å². The highest BCUT2D eigenvalue weighted by Gasteiger charge is 2.20. The van der Waals surface area contributed by atoms with E-state index in [1.54, 1.807) is 13.2 Å². The third-order valence-corrected chi connectivity index (χ3v) is 3.15. The Bertz CT molecular complexity index is 380. The van der Waals surface area contributed by atoms with Crippen molar-refractivity contribution in [2.45, 2.75) is 25.5 Å². The smallest absolute Gasteiger partial charge is 0.338 e. The first-order valence-electron chi connectivity index (χ1n) is 5.75. The lowest BCUT2D eigenvalue weighted by atomic mass is 10.1. The Morgan fingerprint density at radius 3 is 2.82 bits per heavy atom. The van der Waals surface area contributed by atoms with E-state index in [2.05, 4.69) is 4.90 Å². The number of carboxylic acid groups (broad SMARTS) is 1. The molecule has 1 aromatic rings. The molecular formula is C12H17NO4. The number of carbonyl (C=O) groups is 1. The molecule has 5 nitrogen and oxygen atoms in total. The van der Waals surface area contributed by atoms with Crippen molar-refractivity contribution in [3.8, 4) is 0 Å². The van der Waals surface area contributed by atoms with Gasteiger partial charge in [-0.05, 0) is 18.9 Å². The largest absolute Gasteiger partial charge is 0.478 e. The van der Waals surface area contributed by atoms with Crippen molar-refractivity contribution in [3.05, 3.63) is 23.7 Å². The van der Waals surface area contributed by atoms with Gasteiger partial charge in [0.2, 0.25) is 0 Å². The number of rotatable bonds is 4. The van der Waals surface area contributed by atoms with Gasteiger partial charge in [-0.3, -0.25) is 4.90 Å². The Hall–Kier alpha value is -1.33. The number of hydrogen-bond acceptors (Lipinski definition) is 4.